The van der Waals surface area contributed by atoms with Crippen LogP contribution >= 0.6 is 11.3 Å². The first-order valence-electron chi connectivity index (χ1n) is 7.87. The summed E-state index contributed by atoms with van der Waals surface area (Å²) in [5, 5.41) is 3.71. The van der Waals surface area contributed by atoms with E-state index in [1.54, 1.807) is 0 Å². The number of hydrogen-bond donors (Lipinski definition) is 1. The summed E-state index contributed by atoms with van der Waals surface area (Å²) >= 11 is 0.975. The highest BCUT2D eigenvalue weighted by atomic mass is 32.1. The van der Waals surface area contributed by atoms with E-state index in [9.17, 15) is 9.59 Å². The van der Waals surface area contributed by atoms with Crippen molar-refractivity contribution in [3.8, 4) is 0 Å². The third-order valence-corrected chi connectivity index (χ3v) is 4.53. The number of benzene rings is 2. The zero-order valence-corrected chi connectivity index (χ0v) is 14.2. The van der Waals surface area contributed by atoms with E-state index < -0.39 is 0 Å². The van der Waals surface area contributed by atoms with E-state index >= 15 is 0 Å². The molecule has 0 atom stereocenters. The SMILES string of the molecule is Cc1ccc2nc(NC(=O)CCCc3ccccc3)sc(=O)c2c1. The van der Waals surface area contributed by atoms with Gasteiger partial charge in [-0.1, -0.05) is 53.3 Å². The molecule has 3 rings (SSSR count). The summed E-state index contributed by atoms with van der Waals surface area (Å²) in [7, 11) is 0. The first-order chi connectivity index (χ1) is 11.6. The van der Waals surface area contributed by atoms with Gasteiger partial charge in [0, 0.05) is 6.42 Å². The Hall–Kier alpha value is -2.53. The topological polar surface area (TPSA) is 59.1 Å². The van der Waals surface area contributed by atoms with Gasteiger partial charge in [-0.15, -0.1) is 0 Å². The van der Waals surface area contributed by atoms with Gasteiger partial charge in [0.2, 0.25) is 10.6 Å². The summed E-state index contributed by atoms with van der Waals surface area (Å²) in [6.45, 7) is 1.94. The highest BCUT2D eigenvalue weighted by Crippen LogP contribution is 2.16. The molecule has 3 aromatic rings. The lowest BCUT2D eigenvalue weighted by Crippen LogP contribution is -2.13. The summed E-state index contributed by atoms with van der Waals surface area (Å²) in [5.74, 6) is -0.111. The minimum Gasteiger partial charge on any atom is -0.302 e. The molecule has 0 saturated carbocycles. The molecule has 24 heavy (non-hydrogen) atoms. The van der Waals surface area contributed by atoms with Crippen LogP contribution in [0.4, 0.5) is 5.13 Å². The molecule has 0 bridgehead atoms. The molecule has 0 radical (unpaired) electrons. The molecule has 0 fully saturated rings. The maximum atomic E-state index is 12.2. The Bertz CT molecular complexity index is 920. The van der Waals surface area contributed by atoms with Gasteiger partial charge in [-0.2, -0.15) is 0 Å². The van der Waals surface area contributed by atoms with E-state index in [1.165, 1.54) is 5.56 Å². The van der Waals surface area contributed by atoms with Crippen LogP contribution in [0.15, 0.2) is 53.3 Å². The lowest BCUT2D eigenvalue weighted by atomic mass is 10.1. The van der Waals surface area contributed by atoms with Crippen LogP contribution in [0.5, 0.6) is 0 Å². The van der Waals surface area contributed by atoms with Gasteiger partial charge < -0.3 is 5.32 Å². The Morgan fingerprint density at radius 3 is 2.75 bits per heavy atom. The van der Waals surface area contributed by atoms with E-state index in [0.717, 1.165) is 29.7 Å². The highest BCUT2D eigenvalue weighted by molar-refractivity contribution is 7.13. The van der Waals surface area contributed by atoms with Crippen LogP contribution in [0.3, 0.4) is 0 Å². The van der Waals surface area contributed by atoms with Crippen LogP contribution in [-0.2, 0) is 11.2 Å². The van der Waals surface area contributed by atoms with E-state index in [2.05, 4.69) is 22.4 Å². The molecule has 122 valence electrons. The van der Waals surface area contributed by atoms with Gasteiger partial charge in [0.25, 0.3) is 0 Å². The summed E-state index contributed by atoms with van der Waals surface area (Å²) in [5.41, 5.74) is 2.85. The first kappa shape index (κ1) is 16.3. The normalized spacial score (nSPS) is 10.7. The number of hydrogen-bond acceptors (Lipinski definition) is 4. The molecule has 1 amide bonds. The molecule has 0 aliphatic heterocycles. The number of amides is 1. The molecule has 1 heterocycles. The van der Waals surface area contributed by atoms with Crippen LogP contribution in [0.2, 0.25) is 0 Å². The maximum Gasteiger partial charge on any atom is 0.245 e. The van der Waals surface area contributed by atoms with Crippen molar-refractivity contribution in [2.24, 2.45) is 0 Å². The van der Waals surface area contributed by atoms with E-state index in [-0.39, 0.29) is 10.6 Å². The predicted octanol–water partition coefficient (Wildman–Crippen LogP) is 3.93. The van der Waals surface area contributed by atoms with E-state index in [1.807, 2.05) is 43.3 Å². The number of aromatic nitrogens is 1. The summed E-state index contributed by atoms with van der Waals surface area (Å²) < 4.78 is -0.0803. The molecule has 0 saturated heterocycles. The van der Waals surface area contributed by atoms with Gasteiger partial charge in [-0.3, -0.25) is 9.59 Å². The van der Waals surface area contributed by atoms with Crippen molar-refractivity contribution in [1.82, 2.24) is 4.98 Å². The number of anilines is 1. The maximum absolute atomic E-state index is 12.2. The first-order valence-corrected chi connectivity index (χ1v) is 8.69. The minimum absolute atomic E-state index is 0.0803. The van der Waals surface area contributed by atoms with Crippen molar-refractivity contribution >= 4 is 33.3 Å². The largest absolute Gasteiger partial charge is 0.302 e. The number of nitrogens with zero attached hydrogens (tertiary/aromatic N) is 1. The van der Waals surface area contributed by atoms with Gasteiger partial charge in [0.05, 0.1) is 10.9 Å². The third-order valence-electron chi connectivity index (χ3n) is 3.74. The van der Waals surface area contributed by atoms with Gasteiger partial charge in [0.15, 0.2) is 5.13 Å². The Morgan fingerprint density at radius 1 is 1.17 bits per heavy atom. The second-order valence-corrected chi connectivity index (χ2v) is 6.68. The van der Waals surface area contributed by atoms with Gasteiger partial charge in [0.1, 0.15) is 0 Å². The molecule has 0 aliphatic carbocycles. The summed E-state index contributed by atoms with van der Waals surface area (Å²) in [4.78, 5) is 28.6. The molecular formula is C19H18N2O2S. The smallest absolute Gasteiger partial charge is 0.245 e. The molecule has 0 unspecified atom stereocenters. The van der Waals surface area contributed by atoms with Crippen molar-refractivity contribution in [2.45, 2.75) is 26.2 Å². The Morgan fingerprint density at radius 2 is 1.96 bits per heavy atom. The lowest BCUT2D eigenvalue weighted by molar-refractivity contribution is -0.116. The molecule has 4 nitrogen and oxygen atoms in total. The molecule has 1 aromatic heterocycles. The van der Waals surface area contributed by atoms with Crippen molar-refractivity contribution in [3.63, 3.8) is 0 Å². The third kappa shape index (κ3) is 4.06. The summed E-state index contributed by atoms with van der Waals surface area (Å²) in [6, 6.07) is 15.6. The van der Waals surface area contributed by atoms with Gasteiger partial charge in [-0.25, -0.2) is 4.98 Å². The number of fused-ring (bicyclic) bond motifs is 1. The van der Waals surface area contributed by atoms with Crippen LogP contribution < -0.4 is 10.1 Å². The van der Waals surface area contributed by atoms with Crippen molar-refractivity contribution in [2.75, 3.05) is 5.32 Å². The van der Waals surface area contributed by atoms with E-state index in [0.29, 0.717) is 22.5 Å². The predicted molar refractivity (Wildman–Crippen MR) is 98.6 cm³/mol. The van der Waals surface area contributed by atoms with E-state index in [4.69, 9.17) is 0 Å². The van der Waals surface area contributed by atoms with Crippen LogP contribution in [0.25, 0.3) is 10.9 Å². The minimum atomic E-state index is -0.111. The Balaban J connectivity index is 1.63. The van der Waals surface area contributed by atoms with Gasteiger partial charge >= 0.3 is 0 Å². The second-order valence-electron chi connectivity index (χ2n) is 5.71. The number of carbonyl (C=O) groups excluding carboxylic acids is 1. The molecule has 0 spiro atoms. The zero-order valence-electron chi connectivity index (χ0n) is 13.4. The Labute approximate surface area is 144 Å². The Kier molecular flexibility index (Phi) is 5.01. The molecule has 1 N–H and O–H groups in total. The molecule has 2 aromatic carbocycles. The average molecular weight is 338 g/mol. The lowest BCUT2D eigenvalue weighted by Gasteiger charge is -2.05. The fraction of sp³-hybridized carbons (Fsp3) is 0.211. The van der Waals surface area contributed by atoms with Gasteiger partial charge in [-0.05, 0) is 37.5 Å². The molecule has 0 aliphatic rings. The number of nitrogens with one attached hydrogen (secondary N) is 1. The van der Waals surface area contributed by atoms with Crippen molar-refractivity contribution in [1.29, 1.82) is 0 Å². The number of carbonyl (C=O) groups is 1. The number of aryl methyl sites for hydroxylation is 2. The molecule has 5 heteroatoms. The summed E-state index contributed by atoms with van der Waals surface area (Å²) in [6.07, 6.45) is 2.02. The fourth-order valence-electron chi connectivity index (χ4n) is 2.52. The number of rotatable bonds is 5. The van der Waals surface area contributed by atoms with Crippen LogP contribution in [0, 0.1) is 6.92 Å². The van der Waals surface area contributed by atoms with Crippen molar-refractivity contribution < 1.29 is 4.79 Å². The quantitative estimate of drug-likeness (QED) is 0.767. The fourth-order valence-corrected chi connectivity index (χ4v) is 3.28. The standard InChI is InChI=1S/C19H18N2O2S/c1-13-10-11-16-15(12-13)18(23)24-19(20-16)21-17(22)9-5-8-14-6-3-2-4-7-14/h2-4,6-7,10-12H,5,8-9H2,1H3,(H,20,21,22). The molecular weight excluding hydrogens is 320 g/mol. The van der Waals surface area contributed by atoms with Crippen molar-refractivity contribution in [3.05, 3.63) is 69.2 Å². The van der Waals surface area contributed by atoms with Crippen LogP contribution in [-0.4, -0.2) is 10.9 Å². The second kappa shape index (κ2) is 7.36. The van der Waals surface area contributed by atoms with Crippen LogP contribution in [0.1, 0.15) is 24.0 Å². The zero-order chi connectivity index (χ0) is 16.9. The average Bonchev–Trinajstić information content (AvgIpc) is 2.56. The highest BCUT2D eigenvalue weighted by Gasteiger charge is 2.08. The monoisotopic (exact) mass is 338 g/mol.